The molecule has 5 heteroatoms. The standard InChI is InChI=1S/C12H13N3O2/c1-16-11-7-14-8-12(15-11)17-10-4-2-9(6-13)3-5-10/h2-5,7-8H,6,13H2,1H3. The highest BCUT2D eigenvalue weighted by atomic mass is 16.5. The molecule has 1 aromatic carbocycles. The van der Waals surface area contributed by atoms with Gasteiger partial charge in [0.05, 0.1) is 19.5 Å². The molecule has 0 aliphatic heterocycles. The van der Waals surface area contributed by atoms with Crippen molar-refractivity contribution in [3.05, 3.63) is 42.2 Å². The van der Waals surface area contributed by atoms with Crippen molar-refractivity contribution < 1.29 is 9.47 Å². The predicted molar refractivity (Wildman–Crippen MR) is 63.0 cm³/mol. The molecule has 0 fully saturated rings. The van der Waals surface area contributed by atoms with Crippen LogP contribution in [0.3, 0.4) is 0 Å². The van der Waals surface area contributed by atoms with Crippen LogP contribution in [0.15, 0.2) is 36.7 Å². The quantitative estimate of drug-likeness (QED) is 0.867. The number of ether oxygens (including phenoxy) is 2. The zero-order valence-corrected chi connectivity index (χ0v) is 9.46. The molecular formula is C12H13N3O2. The van der Waals surface area contributed by atoms with Gasteiger partial charge in [0.15, 0.2) is 0 Å². The Morgan fingerprint density at radius 3 is 2.47 bits per heavy atom. The monoisotopic (exact) mass is 231 g/mol. The molecule has 0 aliphatic rings. The van der Waals surface area contributed by atoms with Gasteiger partial charge in [-0.2, -0.15) is 4.98 Å². The Morgan fingerprint density at radius 1 is 1.12 bits per heavy atom. The first-order valence-electron chi connectivity index (χ1n) is 5.14. The van der Waals surface area contributed by atoms with E-state index in [2.05, 4.69) is 9.97 Å². The van der Waals surface area contributed by atoms with Crippen molar-refractivity contribution in [2.45, 2.75) is 6.54 Å². The van der Waals surface area contributed by atoms with Crippen LogP contribution in [0.2, 0.25) is 0 Å². The van der Waals surface area contributed by atoms with Gasteiger partial charge in [-0.15, -0.1) is 0 Å². The lowest BCUT2D eigenvalue weighted by atomic mass is 10.2. The van der Waals surface area contributed by atoms with Gasteiger partial charge in [0, 0.05) is 6.54 Å². The molecule has 1 aromatic heterocycles. The molecule has 1 heterocycles. The molecule has 17 heavy (non-hydrogen) atoms. The molecule has 0 atom stereocenters. The fraction of sp³-hybridized carbons (Fsp3) is 0.167. The molecule has 5 nitrogen and oxygen atoms in total. The maximum Gasteiger partial charge on any atom is 0.241 e. The van der Waals surface area contributed by atoms with Crippen molar-refractivity contribution in [3.8, 4) is 17.5 Å². The molecule has 0 unspecified atom stereocenters. The first-order valence-corrected chi connectivity index (χ1v) is 5.14. The van der Waals surface area contributed by atoms with Crippen LogP contribution in [-0.4, -0.2) is 17.1 Å². The lowest BCUT2D eigenvalue weighted by Crippen LogP contribution is -1.96. The van der Waals surface area contributed by atoms with E-state index in [-0.39, 0.29) is 0 Å². The highest BCUT2D eigenvalue weighted by Gasteiger charge is 2.01. The third-order valence-electron chi connectivity index (χ3n) is 2.18. The molecule has 0 amide bonds. The molecule has 2 aromatic rings. The average Bonchev–Trinajstić information content (AvgIpc) is 2.40. The lowest BCUT2D eigenvalue weighted by Gasteiger charge is -2.05. The van der Waals surface area contributed by atoms with E-state index < -0.39 is 0 Å². The van der Waals surface area contributed by atoms with E-state index in [0.29, 0.717) is 24.1 Å². The highest BCUT2D eigenvalue weighted by molar-refractivity contribution is 5.30. The van der Waals surface area contributed by atoms with Gasteiger partial charge in [-0.3, -0.25) is 4.98 Å². The Labute approximate surface area is 99.2 Å². The number of nitrogens with two attached hydrogens (primary N) is 1. The summed E-state index contributed by atoms with van der Waals surface area (Å²) in [4.78, 5) is 8.05. The fourth-order valence-electron chi connectivity index (χ4n) is 1.29. The fourth-order valence-corrected chi connectivity index (χ4v) is 1.29. The van der Waals surface area contributed by atoms with Gasteiger partial charge in [0.1, 0.15) is 5.75 Å². The molecule has 0 saturated heterocycles. The second-order valence-corrected chi connectivity index (χ2v) is 3.35. The maximum absolute atomic E-state index is 5.53. The van der Waals surface area contributed by atoms with Crippen molar-refractivity contribution in [1.29, 1.82) is 0 Å². The summed E-state index contributed by atoms with van der Waals surface area (Å²) in [7, 11) is 1.53. The molecule has 0 spiro atoms. The number of nitrogens with zero attached hydrogens (tertiary/aromatic N) is 2. The third-order valence-corrected chi connectivity index (χ3v) is 2.18. The second kappa shape index (κ2) is 5.27. The van der Waals surface area contributed by atoms with Gasteiger partial charge in [0.2, 0.25) is 11.8 Å². The van der Waals surface area contributed by atoms with Crippen molar-refractivity contribution in [3.63, 3.8) is 0 Å². The number of rotatable bonds is 4. The number of hydrogen-bond donors (Lipinski definition) is 1. The van der Waals surface area contributed by atoms with Gasteiger partial charge in [-0.25, -0.2) is 0 Å². The molecule has 0 saturated carbocycles. The van der Waals surface area contributed by atoms with Gasteiger partial charge < -0.3 is 15.2 Å². The van der Waals surface area contributed by atoms with E-state index in [1.54, 1.807) is 0 Å². The molecule has 2 N–H and O–H groups in total. The van der Waals surface area contributed by atoms with Crippen molar-refractivity contribution >= 4 is 0 Å². The first-order chi connectivity index (χ1) is 8.31. The molecule has 2 rings (SSSR count). The zero-order valence-electron chi connectivity index (χ0n) is 9.46. The van der Waals surface area contributed by atoms with E-state index in [4.69, 9.17) is 15.2 Å². The van der Waals surface area contributed by atoms with Gasteiger partial charge >= 0.3 is 0 Å². The zero-order chi connectivity index (χ0) is 12.1. The van der Waals surface area contributed by atoms with Crippen molar-refractivity contribution in [2.24, 2.45) is 5.73 Å². The Kier molecular flexibility index (Phi) is 3.52. The molecule has 88 valence electrons. The second-order valence-electron chi connectivity index (χ2n) is 3.35. The van der Waals surface area contributed by atoms with Crippen molar-refractivity contribution in [2.75, 3.05) is 7.11 Å². The van der Waals surface area contributed by atoms with E-state index in [1.807, 2.05) is 24.3 Å². The normalized spacial score (nSPS) is 10.0. The summed E-state index contributed by atoms with van der Waals surface area (Å²) >= 11 is 0. The van der Waals surface area contributed by atoms with Crippen molar-refractivity contribution in [1.82, 2.24) is 9.97 Å². The van der Waals surface area contributed by atoms with Crippen LogP contribution < -0.4 is 15.2 Å². The van der Waals surface area contributed by atoms with Gasteiger partial charge in [0.25, 0.3) is 0 Å². The van der Waals surface area contributed by atoms with E-state index in [1.165, 1.54) is 19.5 Å². The van der Waals surface area contributed by atoms with Gasteiger partial charge in [-0.05, 0) is 17.7 Å². The van der Waals surface area contributed by atoms with Gasteiger partial charge in [-0.1, -0.05) is 12.1 Å². The van der Waals surface area contributed by atoms with Crippen LogP contribution in [-0.2, 0) is 6.54 Å². The van der Waals surface area contributed by atoms with Crippen LogP contribution in [0.25, 0.3) is 0 Å². The Morgan fingerprint density at radius 2 is 1.82 bits per heavy atom. The highest BCUT2D eigenvalue weighted by Crippen LogP contribution is 2.20. The molecule has 0 aliphatic carbocycles. The average molecular weight is 231 g/mol. The van der Waals surface area contributed by atoms with Crippen LogP contribution in [0, 0.1) is 0 Å². The molecule has 0 radical (unpaired) electrons. The number of hydrogen-bond acceptors (Lipinski definition) is 5. The summed E-state index contributed by atoms with van der Waals surface area (Å²) in [6, 6.07) is 7.48. The minimum Gasteiger partial charge on any atom is -0.480 e. The molecule has 0 bridgehead atoms. The Balaban J connectivity index is 2.13. The number of aromatic nitrogens is 2. The first kappa shape index (κ1) is 11.3. The maximum atomic E-state index is 5.53. The minimum absolute atomic E-state index is 0.393. The number of methoxy groups -OCH3 is 1. The van der Waals surface area contributed by atoms with Crippen LogP contribution >= 0.6 is 0 Å². The Bertz CT molecular complexity index is 485. The van der Waals surface area contributed by atoms with Crippen LogP contribution in [0.1, 0.15) is 5.56 Å². The van der Waals surface area contributed by atoms with Crippen LogP contribution in [0.4, 0.5) is 0 Å². The predicted octanol–water partition coefficient (Wildman–Crippen LogP) is 1.74. The summed E-state index contributed by atoms with van der Waals surface area (Å²) in [5, 5.41) is 0. The SMILES string of the molecule is COc1cncc(Oc2ccc(CN)cc2)n1. The Hall–Kier alpha value is -2.14. The molecular weight excluding hydrogens is 218 g/mol. The van der Waals surface area contributed by atoms with Crippen LogP contribution in [0.5, 0.6) is 17.5 Å². The third kappa shape index (κ3) is 2.92. The van der Waals surface area contributed by atoms with E-state index >= 15 is 0 Å². The number of benzene rings is 1. The van der Waals surface area contributed by atoms with E-state index in [9.17, 15) is 0 Å². The lowest BCUT2D eigenvalue weighted by molar-refractivity contribution is 0.380. The summed E-state index contributed by atoms with van der Waals surface area (Å²) < 4.78 is 10.5. The smallest absolute Gasteiger partial charge is 0.241 e. The summed E-state index contributed by atoms with van der Waals surface area (Å²) in [6.45, 7) is 0.513. The summed E-state index contributed by atoms with van der Waals surface area (Å²) in [5.41, 5.74) is 6.56. The van der Waals surface area contributed by atoms with E-state index in [0.717, 1.165) is 5.56 Å². The summed E-state index contributed by atoms with van der Waals surface area (Å²) in [6.07, 6.45) is 3.05. The summed E-state index contributed by atoms with van der Waals surface area (Å²) in [5.74, 6) is 1.50. The minimum atomic E-state index is 0.393. The largest absolute Gasteiger partial charge is 0.480 e. The topological polar surface area (TPSA) is 70.3 Å².